The van der Waals surface area contributed by atoms with E-state index in [0.717, 1.165) is 19.4 Å². The molecule has 0 saturated heterocycles. The summed E-state index contributed by atoms with van der Waals surface area (Å²) in [4.78, 5) is 12.4. The smallest absolute Gasteiger partial charge is 0.209 e. The summed E-state index contributed by atoms with van der Waals surface area (Å²) in [6, 6.07) is 1.87. The van der Waals surface area contributed by atoms with Gasteiger partial charge in [0.1, 0.15) is 0 Å². The first kappa shape index (κ1) is 16.3. The number of hydrogen-bond acceptors (Lipinski definition) is 5. The van der Waals surface area contributed by atoms with Gasteiger partial charge in [-0.1, -0.05) is 24.3 Å². The summed E-state index contributed by atoms with van der Waals surface area (Å²) in [5.74, 6) is 0. The number of nitrogens with one attached hydrogen (secondary N) is 2. The monoisotopic (exact) mass is 325 g/mol. The summed E-state index contributed by atoms with van der Waals surface area (Å²) >= 11 is 0. The molecule has 3 rings (SSSR count). The molecule has 0 amide bonds. The van der Waals surface area contributed by atoms with E-state index in [4.69, 9.17) is 5.73 Å². The molecule has 2 unspecified atom stereocenters. The molecule has 0 fully saturated rings. The van der Waals surface area contributed by atoms with E-state index >= 15 is 0 Å². The lowest BCUT2D eigenvalue weighted by molar-refractivity contribution is 0.467. The Morgan fingerprint density at radius 1 is 1.46 bits per heavy atom. The number of rotatable bonds is 5. The molecular weight excluding hydrogens is 302 g/mol. The molecule has 6 nitrogen and oxygen atoms in total. The zero-order chi connectivity index (χ0) is 16.8. The number of allylic oxidation sites excluding steroid dienone is 3. The third-order valence-electron chi connectivity index (χ3n) is 4.09. The standard InChI is InChI=1S/C18H23N5O/c19-10-6-16(21-14-4-2-1-3-5-14)18-17(24)9-13-23(22-18)15-7-11-20-12-8-15/h1-4,6-7,9,11,13-15,20-21H,5,8,10,12,19H2/b16-6-. The maximum atomic E-state index is 12.4. The van der Waals surface area contributed by atoms with Crippen molar-refractivity contribution in [3.05, 3.63) is 70.8 Å². The molecule has 0 aromatic carbocycles. The van der Waals surface area contributed by atoms with Gasteiger partial charge < -0.3 is 16.4 Å². The van der Waals surface area contributed by atoms with Crippen molar-refractivity contribution in [3.63, 3.8) is 0 Å². The quantitative estimate of drug-likeness (QED) is 0.754. The van der Waals surface area contributed by atoms with Gasteiger partial charge in [-0.05, 0) is 31.2 Å². The summed E-state index contributed by atoms with van der Waals surface area (Å²) in [7, 11) is 0. The van der Waals surface area contributed by atoms with Gasteiger partial charge in [0.25, 0.3) is 0 Å². The van der Waals surface area contributed by atoms with Crippen molar-refractivity contribution in [3.8, 4) is 0 Å². The first-order valence-electron chi connectivity index (χ1n) is 8.28. The first-order valence-corrected chi connectivity index (χ1v) is 8.28. The third-order valence-corrected chi connectivity index (χ3v) is 4.09. The Balaban J connectivity index is 1.89. The maximum absolute atomic E-state index is 12.4. The predicted molar refractivity (Wildman–Crippen MR) is 96.1 cm³/mol. The zero-order valence-electron chi connectivity index (χ0n) is 13.6. The first-order chi connectivity index (χ1) is 11.8. The van der Waals surface area contributed by atoms with Crippen LogP contribution < -0.4 is 21.8 Å². The largest absolute Gasteiger partial charge is 0.391 e. The maximum Gasteiger partial charge on any atom is 0.209 e. The van der Waals surface area contributed by atoms with E-state index in [-0.39, 0.29) is 17.5 Å². The van der Waals surface area contributed by atoms with Crippen LogP contribution in [-0.2, 0) is 0 Å². The lowest BCUT2D eigenvalue weighted by atomic mass is 10.1. The normalized spacial score (nSPS) is 23.1. The highest BCUT2D eigenvalue weighted by Gasteiger charge is 2.16. The van der Waals surface area contributed by atoms with Crippen molar-refractivity contribution in [1.29, 1.82) is 0 Å². The fraction of sp³-hybridized carbons (Fsp3) is 0.333. The highest BCUT2D eigenvalue weighted by molar-refractivity contribution is 5.61. The topological polar surface area (TPSA) is 85.0 Å². The van der Waals surface area contributed by atoms with E-state index in [1.165, 1.54) is 0 Å². The third kappa shape index (κ3) is 3.83. The van der Waals surface area contributed by atoms with E-state index in [1.54, 1.807) is 12.3 Å². The van der Waals surface area contributed by atoms with Crippen molar-refractivity contribution < 1.29 is 0 Å². The molecule has 1 aliphatic heterocycles. The van der Waals surface area contributed by atoms with Gasteiger partial charge in [0, 0.05) is 31.4 Å². The highest BCUT2D eigenvalue weighted by atomic mass is 16.1. The Morgan fingerprint density at radius 3 is 3.08 bits per heavy atom. The molecule has 126 valence electrons. The Labute approximate surface area is 141 Å². The van der Waals surface area contributed by atoms with Gasteiger partial charge in [0.2, 0.25) is 5.43 Å². The van der Waals surface area contributed by atoms with Crippen molar-refractivity contribution >= 4 is 5.70 Å². The van der Waals surface area contributed by atoms with Gasteiger partial charge >= 0.3 is 0 Å². The van der Waals surface area contributed by atoms with E-state index in [1.807, 2.05) is 29.1 Å². The molecule has 1 aliphatic carbocycles. The second kappa shape index (κ2) is 7.79. The molecular formula is C18H23N5O. The van der Waals surface area contributed by atoms with Crippen molar-refractivity contribution in [2.75, 3.05) is 13.1 Å². The molecule has 1 aromatic heterocycles. The van der Waals surface area contributed by atoms with Gasteiger partial charge in [0.05, 0.1) is 11.7 Å². The Kier molecular flexibility index (Phi) is 5.28. The second-order valence-corrected chi connectivity index (χ2v) is 5.83. The van der Waals surface area contributed by atoms with Crippen LogP contribution in [0.3, 0.4) is 0 Å². The van der Waals surface area contributed by atoms with E-state index < -0.39 is 0 Å². The van der Waals surface area contributed by atoms with Crippen molar-refractivity contribution in [1.82, 2.24) is 20.4 Å². The van der Waals surface area contributed by atoms with Crippen molar-refractivity contribution in [2.24, 2.45) is 5.73 Å². The average molecular weight is 325 g/mol. The summed E-state index contributed by atoms with van der Waals surface area (Å²) in [6.07, 6.45) is 17.5. The van der Waals surface area contributed by atoms with Crippen molar-refractivity contribution in [2.45, 2.75) is 24.9 Å². The van der Waals surface area contributed by atoms with Crippen LogP contribution in [0.4, 0.5) is 0 Å². The van der Waals surface area contributed by atoms with Crippen LogP contribution in [0.15, 0.2) is 59.7 Å². The van der Waals surface area contributed by atoms with Crippen LogP contribution in [0.2, 0.25) is 0 Å². The summed E-state index contributed by atoms with van der Waals surface area (Å²) in [5, 5.41) is 11.1. The SMILES string of the molecule is NC/C=C(\NC1C=CC=CC1)c1nn(C2C=CNCC2)ccc1=O. The Bertz CT molecular complexity index is 744. The molecule has 2 atom stereocenters. The molecule has 0 radical (unpaired) electrons. The fourth-order valence-corrected chi connectivity index (χ4v) is 2.83. The molecule has 0 spiro atoms. The molecule has 4 N–H and O–H groups in total. The summed E-state index contributed by atoms with van der Waals surface area (Å²) in [6.45, 7) is 1.24. The van der Waals surface area contributed by atoms with E-state index in [0.29, 0.717) is 17.9 Å². The number of aromatic nitrogens is 2. The predicted octanol–water partition coefficient (Wildman–Crippen LogP) is 1.07. The van der Waals surface area contributed by atoms with E-state index in [9.17, 15) is 4.79 Å². The van der Waals surface area contributed by atoms with Crippen LogP contribution in [0.5, 0.6) is 0 Å². The van der Waals surface area contributed by atoms with Crippen LogP contribution in [0, 0.1) is 0 Å². The van der Waals surface area contributed by atoms with Gasteiger partial charge in [-0.25, -0.2) is 0 Å². The molecule has 6 heteroatoms. The van der Waals surface area contributed by atoms with E-state index in [2.05, 4.69) is 34.0 Å². The van der Waals surface area contributed by atoms with Crippen LogP contribution in [0.1, 0.15) is 24.6 Å². The van der Waals surface area contributed by atoms with Gasteiger partial charge in [-0.3, -0.25) is 9.48 Å². The molecule has 0 saturated carbocycles. The molecule has 2 heterocycles. The van der Waals surface area contributed by atoms with Crippen LogP contribution in [-0.4, -0.2) is 28.9 Å². The molecule has 24 heavy (non-hydrogen) atoms. The molecule has 0 bridgehead atoms. The van der Waals surface area contributed by atoms with Gasteiger partial charge in [-0.2, -0.15) is 5.10 Å². The summed E-state index contributed by atoms with van der Waals surface area (Å²) < 4.78 is 1.84. The highest BCUT2D eigenvalue weighted by Crippen LogP contribution is 2.15. The van der Waals surface area contributed by atoms with Crippen LogP contribution in [0.25, 0.3) is 5.70 Å². The minimum absolute atomic E-state index is 0.105. The second-order valence-electron chi connectivity index (χ2n) is 5.83. The lowest BCUT2D eigenvalue weighted by Gasteiger charge is -2.22. The number of hydrogen-bond donors (Lipinski definition) is 3. The molecule has 1 aromatic rings. The van der Waals surface area contributed by atoms with Crippen LogP contribution >= 0.6 is 0 Å². The Hall–Kier alpha value is -2.60. The minimum atomic E-state index is -0.105. The zero-order valence-corrected chi connectivity index (χ0v) is 13.6. The number of nitrogens with two attached hydrogens (primary N) is 1. The minimum Gasteiger partial charge on any atom is -0.391 e. The van der Waals surface area contributed by atoms with Gasteiger partial charge in [-0.15, -0.1) is 0 Å². The fourth-order valence-electron chi connectivity index (χ4n) is 2.83. The summed E-state index contributed by atoms with van der Waals surface area (Å²) in [5.41, 5.74) is 6.70. The van der Waals surface area contributed by atoms with Gasteiger partial charge in [0.15, 0.2) is 5.69 Å². The number of nitrogens with zero attached hydrogens (tertiary/aromatic N) is 2. The Morgan fingerprint density at radius 2 is 2.38 bits per heavy atom. The lowest BCUT2D eigenvalue weighted by Crippen LogP contribution is -2.31. The molecule has 2 aliphatic rings. The average Bonchev–Trinajstić information content (AvgIpc) is 2.63.